The third kappa shape index (κ3) is 3.03. The van der Waals surface area contributed by atoms with E-state index in [4.69, 9.17) is 0 Å². The average Bonchev–Trinajstić information content (AvgIpc) is 1.68. The molecule has 2 heteroatoms. The summed E-state index contributed by atoms with van der Waals surface area (Å²) in [6, 6.07) is 0. The van der Waals surface area contributed by atoms with Crippen molar-refractivity contribution >= 4 is 5.97 Å². The highest BCUT2D eigenvalue weighted by Gasteiger charge is 1.84. The van der Waals surface area contributed by atoms with Crippen molar-refractivity contribution < 1.29 is 9.53 Å². The molecule has 0 N–H and O–H groups in total. The zero-order chi connectivity index (χ0) is 5.70. The van der Waals surface area contributed by atoms with Crippen LogP contribution in [0, 0.1) is 6.08 Å². The molecule has 0 aliphatic rings. The summed E-state index contributed by atoms with van der Waals surface area (Å²) in [4.78, 5) is 10.1. The maximum atomic E-state index is 10.1. The van der Waals surface area contributed by atoms with Crippen LogP contribution in [-0.4, -0.2) is 13.1 Å². The lowest BCUT2D eigenvalue weighted by atomic mass is 10.5. The molecule has 0 fully saturated rings. The van der Waals surface area contributed by atoms with Crippen LogP contribution in [0.2, 0.25) is 0 Å². The van der Waals surface area contributed by atoms with Gasteiger partial charge in [-0.3, -0.25) is 0 Å². The van der Waals surface area contributed by atoms with Gasteiger partial charge in [0.25, 0.3) is 0 Å². The van der Waals surface area contributed by atoms with Crippen LogP contribution in [-0.2, 0) is 9.53 Å². The number of rotatable bonds is 1. The molecule has 0 saturated heterocycles. The lowest BCUT2D eigenvalue weighted by molar-refractivity contribution is -0.134. The molecule has 0 aliphatic carbocycles. The smallest absolute Gasteiger partial charge is 0.330 e. The zero-order valence-corrected chi connectivity index (χ0v) is 4.39. The Kier molecular flexibility index (Phi) is 3.02. The van der Waals surface area contributed by atoms with Crippen molar-refractivity contribution in [3.8, 4) is 0 Å². The highest BCUT2D eigenvalue weighted by atomic mass is 16.5. The predicted octanol–water partition coefficient (Wildman–Crippen LogP) is 0.539. The summed E-state index contributed by atoms with van der Waals surface area (Å²) < 4.78 is 4.23. The van der Waals surface area contributed by atoms with Crippen LogP contribution >= 0.6 is 0 Å². The standard InChI is InChI=1S/C5H7O2/c1-3-4-5(6)7-2/h4H,1-2H3. The number of methoxy groups -OCH3 is 1. The van der Waals surface area contributed by atoms with Crippen LogP contribution in [0.5, 0.6) is 0 Å². The highest BCUT2D eigenvalue weighted by molar-refractivity contribution is 5.80. The van der Waals surface area contributed by atoms with Crippen LogP contribution in [0.25, 0.3) is 0 Å². The molecule has 2 nitrogen and oxygen atoms in total. The summed E-state index contributed by atoms with van der Waals surface area (Å²) in [5, 5.41) is 0. The van der Waals surface area contributed by atoms with E-state index in [0.717, 1.165) is 0 Å². The van der Waals surface area contributed by atoms with E-state index >= 15 is 0 Å². The molecule has 0 aromatic carbocycles. The van der Waals surface area contributed by atoms with Crippen LogP contribution < -0.4 is 0 Å². The first-order chi connectivity index (χ1) is 3.31. The summed E-state index contributed by atoms with van der Waals surface area (Å²) in [5.41, 5.74) is 0. The number of allylic oxidation sites excluding steroid dienone is 1. The molecule has 0 aliphatic heterocycles. The Bertz CT molecular complexity index is 84.1. The number of hydrogen-bond acceptors (Lipinski definition) is 2. The van der Waals surface area contributed by atoms with Gasteiger partial charge in [-0.25, -0.2) is 4.79 Å². The molecule has 0 amide bonds. The van der Waals surface area contributed by atoms with Crippen molar-refractivity contribution in [3.63, 3.8) is 0 Å². The average molecular weight is 99.1 g/mol. The van der Waals surface area contributed by atoms with E-state index in [-0.39, 0.29) is 5.97 Å². The molecule has 0 rings (SSSR count). The van der Waals surface area contributed by atoms with Gasteiger partial charge in [-0.1, -0.05) is 0 Å². The quantitative estimate of drug-likeness (QED) is 0.354. The lowest BCUT2D eigenvalue weighted by Gasteiger charge is -1.84. The van der Waals surface area contributed by atoms with Gasteiger partial charge in [-0.05, 0) is 13.0 Å². The monoisotopic (exact) mass is 99.0 g/mol. The third-order valence-corrected chi connectivity index (χ3v) is 0.463. The summed E-state index contributed by atoms with van der Waals surface area (Å²) in [6.07, 6.45) is 3.75. The highest BCUT2D eigenvalue weighted by Crippen LogP contribution is 1.72. The fourth-order valence-corrected chi connectivity index (χ4v) is 0.177. The summed E-state index contributed by atoms with van der Waals surface area (Å²) >= 11 is 0. The minimum atomic E-state index is -0.359. The maximum absolute atomic E-state index is 10.1. The van der Waals surface area contributed by atoms with E-state index in [0.29, 0.717) is 0 Å². The molecule has 0 heterocycles. The zero-order valence-electron chi connectivity index (χ0n) is 4.39. The second-order valence-corrected chi connectivity index (χ2v) is 0.956. The first-order valence-electron chi connectivity index (χ1n) is 1.89. The van der Waals surface area contributed by atoms with Gasteiger partial charge in [0, 0.05) is 6.08 Å². The van der Waals surface area contributed by atoms with E-state index in [1.54, 1.807) is 6.92 Å². The van der Waals surface area contributed by atoms with Crippen LogP contribution in [0.1, 0.15) is 6.92 Å². The van der Waals surface area contributed by atoms with E-state index in [2.05, 4.69) is 10.8 Å². The Morgan fingerprint density at radius 3 is 2.57 bits per heavy atom. The van der Waals surface area contributed by atoms with Gasteiger partial charge in [-0.15, -0.1) is 0 Å². The lowest BCUT2D eigenvalue weighted by Crippen LogP contribution is -1.92. The minimum Gasteiger partial charge on any atom is -0.466 e. The van der Waals surface area contributed by atoms with Gasteiger partial charge >= 0.3 is 5.97 Å². The second kappa shape index (κ2) is 3.40. The Morgan fingerprint density at radius 2 is 2.43 bits per heavy atom. The van der Waals surface area contributed by atoms with Crippen LogP contribution in [0.3, 0.4) is 0 Å². The first kappa shape index (κ1) is 6.21. The Morgan fingerprint density at radius 1 is 1.86 bits per heavy atom. The molecule has 1 radical (unpaired) electrons. The molecule has 7 heavy (non-hydrogen) atoms. The van der Waals surface area contributed by atoms with E-state index in [9.17, 15) is 4.79 Å². The van der Waals surface area contributed by atoms with Gasteiger partial charge in [-0.2, -0.15) is 0 Å². The van der Waals surface area contributed by atoms with Crippen molar-refractivity contribution in [2.24, 2.45) is 0 Å². The van der Waals surface area contributed by atoms with Crippen molar-refractivity contribution in [1.29, 1.82) is 0 Å². The first-order valence-corrected chi connectivity index (χ1v) is 1.89. The number of ether oxygens (including phenoxy) is 1. The summed E-state index contributed by atoms with van der Waals surface area (Å²) in [5.74, 6) is -0.359. The Hall–Kier alpha value is -0.790. The summed E-state index contributed by atoms with van der Waals surface area (Å²) in [7, 11) is 1.33. The number of carbonyl (C=O) groups excluding carboxylic acids is 1. The van der Waals surface area contributed by atoms with Crippen molar-refractivity contribution in [2.75, 3.05) is 7.11 Å². The van der Waals surface area contributed by atoms with Crippen LogP contribution in [0.4, 0.5) is 0 Å². The van der Waals surface area contributed by atoms with Gasteiger partial charge in [0.2, 0.25) is 0 Å². The predicted molar refractivity (Wildman–Crippen MR) is 25.5 cm³/mol. The van der Waals surface area contributed by atoms with Crippen molar-refractivity contribution in [3.05, 3.63) is 12.2 Å². The largest absolute Gasteiger partial charge is 0.466 e. The normalized spacial score (nSPS) is 9.43. The molecule has 39 valence electrons. The topological polar surface area (TPSA) is 26.3 Å². The van der Waals surface area contributed by atoms with Gasteiger partial charge in [0.15, 0.2) is 0 Å². The third-order valence-electron chi connectivity index (χ3n) is 0.463. The molecule has 0 atom stereocenters. The molecule has 0 saturated carbocycles. The molecule has 0 spiro atoms. The Labute approximate surface area is 42.8 Å². The molecule has 0 unspecified atom stereocenters. The number of carbonyl (C=O) groups is 1. The maximum Gasteiger partial charge on any atom is 0.330 e. The van der Waals surface area contributed by atoms with Crippen LogP contribution in [0.15, 0.2) is 6.08 Å². The van der Waals surface area contributed by atoms with E-state index in [1.807, 2.05) is 0 Å². The number of esters is 1. The SMILES string of the molecule is C[C]=CC(=O)OC. The van der Waals surface area contributed by atoms with E-state index in [1.165, 1.54) is 13.2 Å². The number of hydrogen-bond donors (Lipinski definition) is 0. The van der Waals surface area contributed by atoms with Crippen molar-refractivity contribution in [2.45, 2.75) is 6.92 Å². The Balaban J connectivity index is 3.37. The van der Waals surface area contributed by atoms with Gasteiger partial charge < -0.3 is 4.74 Å². The van der Waals surface area contributed by atoms with E-state index < -0.39 is 0 Å². The molecular weight excluding hydrogens is 92.1 g/mol. The fraction of sp³-hybridized carbons (Fsp3) is 0.400. The van der Waals surface area contributed by atoms with Gasteiger partial charge in [0.1, 0.15) is 0 Å². The summed E-state index contributed by atoms with van der Waals surface area (Å²) in [6.45, 7) is 1.64. The molecule has 0 bridgehead atoms. The molecule has 0 aromatic rings. The second-order valence-electron chi connectivity index (χ2n) is 0.956. The molecule has 0 aromatic heterocycles. The fourth-order valence-electron chi connectivity index (χ4n) is 0.177. The minimum absolute atomic E-state index is 0.359. The van der Waals surface area contributed by atoms with Crippen molar-refractivity contribution in [1.82, 2.24) is 0 Å². The van der Waals surface area contributed by atoms with Gasteiger partial charge in [0.05, 0.1) is 7.11 Å². The molecular formula is C5H7O2.